The second kappa shape index (κ2) is 4.04. The summed E-state index contributed by atoms with van der Waals surface area (Å²) >= 11 is 0. The lowest BCUT2D eigenvalue weighted by molar-refractivity contribution is -0.122. The van der Waals surface area contributed by atoms with E-state index in [2.05, 4.69) is 4.98 Å². The Balaban J connectivity index is 1.92. The zero-order chi connectivity index (χ0) is 12.9. The molecule has 18 heavy (non-hydrogen) atoms. The number of fused-ring (bicyclic) bond motifs is 1. The summed E-state index contributed by atoms with van der Waals surface area (Å²) in [6.07, 6.45) is 1.87. The van der Waals surface area contributed by atoms with Gasteiger partial charge < -0.3 is 4.74 Å². The fourth-order valence-electron chi connectivity index (χ4n) is 2.51. The lowest BCUT2D eigenvalue weighted by Crippen LogP contribution is -2.34. The van der Waals surface area contributed by atoms with Gasteiger partial charge in [-0.1, -0.05) is 0 Å². The SMILES string of the molecule is Cc1cn([C@H]2C[C@@H]3[C@@H](CON3C)O2)c(=O)[nH]c1=O. The molecule has 2 aliphatic rings. The molecule has 0 aromatic carbocycles. The smallest absolute Gasteiger partial charge is 0.330 e. The van der Waals surface area contributed by atoms with Crippen molar-refractivity contribution in [1.29, 1.82) is 0 Å². The number of ether oxygens (including phenoxy) is 1. The van der Waals surface area contributed by atoms with Crippen molar-refractivity contribution >= 4 is 0 Å². The first kappa shape index (κ1) is 11.6. The van der Waals surface area contributed by atoms with Gasteiger partial charge in [-0.15, -0.1) is 0 Å². The molecule has 3 heterocycles. The molecule has 0 radical (unpaired) electrons. The Morgan fingerprint density at radius 1 is 1.44 bits per heavy atom. The molecular weight excluding hydrogens is 238 g/mol. The largest absolute Gasteiger partial charge is 0.350 e. The first-order chi connectivity index (χ1) is 8.56. The second-order valence-corrected chi connectivity index (χ2v) is 4.75. The lowest BCUT2D eigenvalue weighted by Gasteiger charge is -2.17. The summed E-state index contributed by atoms with van der Waals surface area (Å²) in [5, 5.41) is 1.77. The molecule has 7 heteroatoms. The van der Waals surface area contributed by atoms with Gasteiger partial charge >= 0.3 is 5.69 Å². The number of likely N-dealkylation sites (N-methyl/N-ethyl adjacent to an activating group) is 1. The van der Waals surface area contributed by atoms with Gasteiger partial charge in [0.05, 0.1) is 12.6 Å². The van der Waals surface area contributed by atoms with Gasteiger partial charge in [0.15, 0.2) is 0 Å². The summed E-state index contributed by atoms with van der Waals surface area (Å²) in [5.41, 5.74) is -0.283. The number of nitrogens with zero attached hydrogens (tertiary/aromatic N) is 2. The first-order valence-electron chi connectivity index (χ1n) is 5.89. The molecule has 0 amide bonds. The van der Waals surface area contributed by atoms with Crippen LogP contribution in [0, 0.1) is 6.92 Å². The molecule has 2 fully saturated rings. The maximum atomic E-state index is 11.8. The van der Waals surface area contributed by atoms with Crippen LogP contribution in [-0.2, 0) is 9.57 Å². The third-order valence-electron chi connectivity index (χ3n) is 3.57. The number of H-pyrrole nitrogens is 1. The standard InChI is InChI=1S/C11H15N3O4/c1-6-4-14(11(16)12-10(6)15)9-3-7-8(18-9)5-17-13(7)2/h4,7-9H,3,5H2,1-2H3,(H,12,15,16)/t7-,8-,9-/m1/s1. The van der Waals surface area contributed by atoms with E-state index < -0.39 is 5.69 Å². The topological polar surface area (TPSA) is 76.6 Å². The number of aryl methyl sites for hydroxylation is 1. The van der Waals surface area contributed by atoms with E-state index in [9.17, 15) is 9.59 Å². The molecule has 0 bridgehead atoms. The maximum Gasteiger partial charge on any atom is 0.330 e. The van der Waals surface area contributed by atoms with Crippen molar-refractivity contribution in [2.75, 3.05) is 13.7 Å². The maximum absolute atomic E-state index is 11.8. The highest BCUT2D eigenvalue weighted by Crippen LogP contribution is 2.34. The van der Waals surface area contributed by atoms with Crippen LogP contribution in [0.2, 0.25) is 0 Å². The normalized spacial score (nSPS) is 31.8. The molecule has 0 unspecified atom stereocenters. The van der Waals surface area contributed by atoms with E-state index in [0.29, 0.717) is 18.6 Å². The molecule has 0 spiro atoms. The Kier molecular flexibility index (Phi) is 2.61. The number of aromatic nitrogens is 2. The number of rotatable bonds is 1. The molecule has 98 valence electrons. The summed E-state index contributed by atoms with van der Waals surface area (Å²) in [6.45, 7) is 2.18. The van der Waals surface area contributed by atoms with Crippen LogP contribution in [0.1, 0.15) is 18.2 Å². The van der Waals surface area contributed by atoms with Crippen LogP contribution in [0.25, 0.3) is 0 Å². The van der Waals surface area contributed by atoms with Crippen LogP contribution in [0.4, 0.5) is 0 Å². The third kappa shape index (κ3) is 1.71. The second-order valence-electron chi connectivity index (χ2n) is 4.75. The monoisotopic (exact) mass is 253 g/mol. The van der Waals surface area contributed by atoms with Crippen LogP contribution < -0.4 is 11.2 Å². The van der Waals surface area contributed by atoms with Crippen molar-refractivity contribution in [3.05, 3.63) is 32.6 Å². The summed E-state index contributed by atoms with van der Waals surface area (Å²) in [4.78, 5) is 30.7. The number of nitrogens with one attached hydrogen (secondary N) is 1. The van der Waals surface area contributed by atoms with Crippen molar-refractivity contribution in [3.8, 4) is 0 Å². The van der Waals surface area contributed by atoms with Gasteiger partial charge in [-0.2, -0.15) is 5.06 Å². The minimum Gasteiger partial charge on any atom is -0.350 e. The lowest BCUT2D eigenvalue weighted by atomic mass is 10.1. The Labute approximate surface area is 103 Å². The average Bonchev–Trinajstić information content (AvgIpc) is 2.87. The fourth-order valence-corrected chi connectivity index (χ4v) is 2.51. The van der Waals surface area contributed by atoms with Crippen molar-refractivity contribution in [2.24, 2.45) is 0 Å². The predicted octanol–water partition coefficient (Wildman–Crippen LogP) is -0.622. The van der Waals surface area contributed by atoms with Gasteiger partial charge in [-0.05, 0) is 6.92 Å². The molecule has 1 aromatic heterocycles. The van der Waals surface area contributed by atoms with E-state index in [1.807, 2.05) is 7.05 Å². The van der Waals surface area contributed by atoms with E-state index in [4.69, 9.17) is 9.57 Å². The van der Waals surface area contributed by atoms with Crippen LogP contribution in [0.3, 0.4) is 0 Å². The van der Waals surface area contributed by atoms with Gasteiger partial charge in [0.2, 0.25) is 0 Å². The Morgan fingerprint density at radius 2 is 2.22 bits per heavy atom. The highest BCUT2D eigenvalue weighted by atomic mass is 16.7. The molecular formula is C11H15N3O4. The Hall–Kier alpha value is -1.44. The van der Waals surface area contributed by atoms with Crippen molar-refractivity contribution in [1.82, 2.24) is 14.6 Å². The minimum absolute atomic E-state index is 0.0147. The fraction of sp³-hybridized carbons (Fsp3) is 0.636. The van der Waals surface area contributed by atoms with Crippen molar-refractivity contribution in [3.63, 3.8) is 0 Å². The molecule has 0 aliphatic carbocycles. The van der Waals surface area contributed by atoms with E-state index in [0.717, 1.165) is 0 Å². The van der Waals surface area contributed by atoms with Gasteiger partial charge in [0.25, 0.3) is 5.56 Å². The first-order valence-corrected chi connectivity index (χ1v) is 5.89. The molecule has 7 nitrogen and oxygen atoms in total. The minimum atomic E-state index is -0.431. The number of hydrogen-bond acceptors (Lipinski definition) is 5. The Bertz CT molecular complexity index is 578. The summed E-state index contributed by atoms with van der Waals surface area (Å²) in [5.74, 6) is 0. The summed E-state index contributed by atoms with van der Waals surface area (Å²) in [6, 6.07) is 0.161. The quantitative estimate of drug-likeness (QED) is 0.721. The average molecular weight is 253 g/mol. The van der Waals surface area contributed by atoms with E-state index in [-0.39, 0.29) is 23.9 Å². The number of hydroxylamine groups is 2. The zero-order valence-corrected chi connectivity index (χ0v) is 10.3. The molecule has 1 N–H and O–H groups in total. The van der Waals surface area contributed by atoms with Crippen LogP contribution in [-0.4, -0.2) is 40.4 Å². The highest BCUT2D eigenvalue weighted by Gasteiger charge is 2.44. The molecule has 1 aromatic rings. The van der Waals surface area contributed by atoms with Crippen LogP contribution in [0.15, 0.2) is 15.8 Å². The van der Waals surface area contributed by atoms with E-state index in [1.54, 1.807) is 18.2 Å². The third-order valence-corrected chi connectivity index (χ3v) is 3.57. The molecule has 2 saturated heterocycles. The zero-order valence-electron chi connectivity index (χ0n) is 10.3. The number of aromatic amines is 1. The number of hydrogen-bond donors (Lipinski definition) is 1. The van der Waals surface area contributed by atoms with E-state index in [1.165, 1.54) is 4.57 Å². The molecule has 2 aliphatic heterocycles. The van der Waals surface area contributed by atoms with Gasteiger partial charge in [0.1, 0.15) is 12.3 Å². The van der Waals surface area contributed by atoms with Gasteiger partial charge in [0, 0.05) is 25.2 Å². The highest BCUT2D eigenvalue weighted by molar-refractivity contribution is 5.02. The van der Waals surface area contributed by atoms with Gasteiger partial charge in [-0.25, -0.2) is 4.79 Å². The van der Waals surface area contributed by atoms with Crippen LogP contribution >= 0.6 is 0 Å². The summed E-state index contributed by atoms with van der Waals surface area (Å²) < 4.78 is 7.24. The van der Waals surface area contributed by atoms with Crippen molar-refractivity contribution in [2.45, 2.75) is 31.7 Å². The van der Waals surface area contributed by atoms with E-state index >= 15 is 0 Å². The van der Waals surface area contributed by atoms with Crippen LogP contribution in [0.5, 0.6) is 0 Å². The predicted molar refractivity (Wildman–Crippen MR) is 62.1 cm³/mol. The van der Waals surface area contributed by atoms with Crippen molar-refractivity contribution < 1.29 is 9.57 Å². The Morgan fingerprint density at radius 3 is 2.94 bits per heavy atom. The molecule has 3 atom stereocenters. The molecule has 3 rings (SSSR count). The summed E-state index contributed by atoms with van der Waals surface area (Å²) in [7, 11) is 1.86. The molecule has 0 saturated carbocycles. The van der Waals surface area contributed by atoms with Gasteiger partial charge in [-0.3, -0.25) is 19.2 Å².